The average molecular weight is 213 g/mol. The maximum Gasteiger partial charge on any atom is 0.237 e. The van der Waals surface area contributed by atoms with E-state index in [9.17, 15) is 4.79 Å². The molecule has 0 aliphatic carbocycles. The molecule has 0 aromatic heterocycles. The lowest BCUT2D eigenvalue weighted by Crippen LogP contribution is -2.55. The van der Waals surface area contributed by atoms with E-state index in [2.05, 4.69) is 29.4 Å². The Morgan fingerprint density at radius 2 is 2.40 bits per heavy atom. The lowest BCUT2D eigenvalue weighted by Gasteiger charge is -2.35. The fourth-order valence-corrected chi connectivity index (χ4v) is 1.88. The van der Waals surface area contributed by atoms with E-state index in [0.717, 1.165) is 32.6 Å². The van der Waals surface area contributed by atoms with E-state index in [-0.39, 0.29) is 11.9 Å². The van der Waals surface area contributed by atoms with Gasteiger partial charge in [0, 0.05) is 32.2 Å². The zero-order valence-corrected chi connectivity index (χ0v) is 10.0. The van der Waals surface area contributed by atoms with Crippen LogP contribution in [-0.2, 0) is 4.79 Å². The molecule has 0 aromatic rings. The molecule has 1 amide bonds. The van der Waals surface area contributed by atoms with Crippen LogP contribution in [0.1, 0.15) is 27.2 Å². The zero-order valence-electron chi connectivity index (χ0n) is 10.0. The maximum absolute atomic E-state index is 11.7. The molecule has 2 atom stereocenters. The summed E-state index contributed by atoms with van der Waals surface area (Å²) in [7, 11) is 0. The van der Waals surface area contributed by atoms with Crippen molar-refractivity contribution in [1.29, 1.82) is 0 Å². The van der Waals surface area contributed by atoms with Gasteiger partial charge in [-0.15, -0.1) is 0 Å². The van der Waals surface area contributed by atoms with E-state index in [1.54, 1.807) is 0 Å². The van der Waals surface area contributed by atoms with E-state index in [4.69, 9.17) is 0 Å². The van der Waals surface area contributed by atoms with Crippen molar-refractivity contribution >= 4 is 5.91 Å². The molecule has 0 saturated carbocycles. The molecule has 1 fully saturated rings. The van der Waals surface area contributed by atoms with Crippen LogP contribution in [-0.4, -0.2) is 49.1 Å². The van der Waals surface area contributed by atoms with Crippen LogP contribution < -0.4 is 10.6 Å². The molecule has 0 radical (unpaired) electrons. The van der Waals surface area contributed by atoms with Crippen molar-refractivity contribution in [2.24, 2.45) is 0 Å². The number of carbonyl (C=O) groups is 1. The van der Waals surface area contributed by atoms with Crippen molar-refractivity contribution in [3.05, 3.63) is 0 Å². The summed E-state index contributed by atoms with van der Waals surface area (Å²) in [6, 6.07) is 0.487. The number of nitrogens with zero attached hydrogens (tertiary/aromatic N) is 1. The van der Waals surface area contributed by atoms with E-state index >= 15 is 0 Å². The van der Waals surface area contributed by atoms with Gasteiger partial charge in [-0.25, -0.2) is 0 Å². The van der Waals surface area contributed by atoms with E-state index < -0.39 is 0 Å². The summed E-state index contributed by atoms with van der Waals surface area (Å²) < 4.78 is 0. The SMILES string of the molecule is CCCNC(=O)C(C)N1CCN[C@H](C)C1. The molecule has 1 unspecified atom stereocenters. The summed E-state index contributed by atoms with van der Waals surface area (Å²) in [5, 5.41) is 6.32. The van der Waals surface area contributed by atoms with Crippen molar-refractivity contribution in [3.8, 4) is 0 Å². The molecule has 1 saturated heterocycles. The predicted molar refractivity (Wildman–Crippen MR) is 61.8 cm³/mol. The number of piperazine rings is 1. The fourth-order valence-electron chi connectivity index (χ4n) is 1.88. The number of hydrogen-bond donors (Lipinski definition) is 2. The van der Waals surface area contributed by atoms with Gasteiger partial charge in [-0.2, -0.15) is 0 Å². The predicted octanol–water partition coefficient (Wildman–Crippen LogP) is 0.195. The van der Waals surface area contributed by atoms with Gasteiger partial charge in [0.2, 0.25) is 5.91 Å². The van der Waals surface area contributed by atoms with E-state index in [0.29, 0.717) is 6.04 Å². The van der Waals surface area contributed by atoms with Gasteiger partial charge in [0.1, 0.15) is 0 Å². The highest BCUT2D eigenvalue weighted by Gasteiger charge is 2.24. The molecular formula is C11H23N3O. The normalized spacial score (nSPS) is 24.9. The van der Waals surface area contributed by atoms with Crippen LogP contribution in [0.3, 0.4) is 0 Å². The topological polar surface area (TPSA) is 44.4 Å². The molecule has 0 spiro atoms. The van der Waals surface area contributed by atoms with Crippen LogP contribution in [0.5, 0.6) is 0 Å². The summed E-state index contributed by atoms with van der Waals surface area (Å²) in [5.41, 5.74) is 0. The Kier molecular flexibility index (Phi) is 5.05. The number of nitrogens with one attached hydrogen (secondary N) is 2. The number of rotatable bonds is 4. The second kappa shape index (κ2) is 6.08. The van der Waals surface area contributed by atoms with Crippen molar-refractivity contribution in [2.45, 2.75) is 39.3 Å². The van der Waals surface area contributed by atoms with Crippen LogP contribution in [0.2, 0.25) is 0 Å². The highest BCUT2D eigenvalue weighted by atomic mass is 16.2. The third kappa shape index (κ3) is 3.80. The molecule has 0 bridgehead atoms. The quantitative estimate of drug-likeness (QED) is 0.701. The van der Waals surface area contributed by atoms with Crippen molar-refractivity contribution < 1.29 is 4.79 Å². The van der Waals surface area contributed by atoms with Gasteiger partial charge in [-0.05, 0) is 20.3 Å². The van der Waals surface area contributed by atoms with Crippen molar-refractivity contribution in [3.63, 3.8) is 0 Å². The third-order valence-electron chi connectivity index (χ3n) is 2.88. The molecule has 1 aliphatic rings. The first-order valence-corrected chi connectivity index (χ1v) is 5.90. The molecule has 4 nitrogen and oxygen atoms in total. The van der Waals surface area contributed by atoms with Gasteiger partial charge >= 0.3 is 0 Å². The minimum atomic E-state index is 0.00102. The van der Waals surface area contributed by atoms with Crippen molar-refractivity contribution in [1.82, 2.24) is 15.5 Å². The fraction of sp³-hybridized carbons (Fsp3) is 0.909. The second-order valence-electron chi connectivity index (χ2n) is 4.32. The maximum atomic E-state index is 11.7. The van der Waals surface area contributed by atoms with Gasteiger partial charge in [0.25, 0.3) is 0 Å². The van der Waals surface area contributed by atoms with Crippen LogP contribution in [0.4, 0.5) is 0 Å². The molecule has 88 valence electrons. The summed E-state index contributed by atoms with van der Waals surface area (Å²) in [4.78, 5) is 14.0. The molecule has 4 heteroatoms. The first kappa shape index (κ1) is 12.5. The van der Waals surface area contributed by atoms with Crippen LogP contribution in [0.15, 0.2) is 0 Å². The standard InChI is InChI=1S/C11H23N3O/c1-4-5-13-11(15)10(3)14-7-6-12-9(2)8-14/h9-10,12H,4-8H2,1-3H3,(H,13,15)/t9-,10?/m1/s1. The Morgan fingerprint density at radius 3 is 3.00 bits per heavy atom. The number of hydrogen-bond acceptors (Lipinski definition) is 3. The second-order valence-corrected chi connectivity index (χ2v) is 4.32. The minimum Gasteiger partial charge on any atom is -0.355 e. The molecule has 1 aliphatic heterocycles. The van der Waals surface area contributed by atoms with Gasteiger partial charge in [0.05, 0.1) is 6.04 Å². The largest absolute Gasteiger partial charge is 0.355 e. The van der Waals surface area contributed by atoms with Crippen LogP contribution >= 0.6 is 0 Å². The van der Waals surface area contributed by atoms with Crippen LogP contribution in [0.25, 0.3) is 0 Å². The Labute approximate surface area is 92.4 Å². The summed E-state index contributed by atoms with van der Waals surface area (Å²) >= 11 is 0. The first-order valence-electron chi connectivity index (χ1n) is 5.90. The Bertz CT molecular complexity index is 208. The summed E-state index contributed by atoms with van der Waals surface area (Å²) in [6.45, 7) is 9.90. The highest BCUT2D eigenvalue weighted by Crippen LogP contribution is 2.04. The highest BCUT2D eigenvalue weighted by molar-refractivity contribution is 5.81. The zero-order chi connectivity index (χ0) is 11.3. The summed E-state index contributed by atoms with van der Waals surface area (Å²) in [6.07, 6.45) is 0.996. The Balaban J connectivity index is 2.37. The molecule has 15 heavy (non-hydrogen) atoms. The van der Waals surface area contributed by atoms with Gasteiger partial charge < -0.3 is 10.6 Å². The monoisotopic (exact) mass is 213 g/mol. The first-order chi connectivity index (χ1) is 7.15. The number of amides is 1. The summed E-state index contributed by atoms with van der Waals surface area (Å²) in [5.74, 6) is 0.158. The Morgan fingerprint density at radius 1 is 1.67 bits per heavy atom. The minimum absolute atomic E-state index is 0.00102. The van der Waals surface area contributed by atoms with E-state index in [1.165, 1.54) is 0 Å². The smallest absolute Gasteiger partial charge is 0.237 e. The van der Waals surface area contributed by atoms with Gasteiger partial charge in [-0.1, -0.05) is 6.92 Å². The lowest BCUT2D eigenvalue weighted by molar-refractivity contribution is -0.126. The Hall–Kier alpha value is -0.610. The molecular weight excluding hydrogens is 190 g/mol. The van der Waals surface area contributed by atoms with Gasteiger partial charge in [-0.3, -0.25) is 9.69 Å². The van der Waals surface area contributed by atoms with Gasteiger partial charge in [0.15, 0.2) is 0 Å². The lowest BCUT2D eigenvalue weighted by atomic mass is 10.1. The third-order valence-corrected chi connectivity index (χ3v) is 2.88. The van der Waals surface area contributed by atoms with Crippen LogP contribution in [0, 0.1) is 0 Å². The molecule has 1 heterocycles. The molecule has 2 N–H and O–H groups in total. The van der Waals surface area contributed by atoms with Crippen molar-refractivity contribution in [2.75, 3.05) is 26.2 Å². The average Bonchev–Trinajstić information content (AvgIpc) is 2.24. The molecule has 1 rings (SSSR count). The van der Waals surface area contributed by atoms with E-state index in [1.807, 2.05) is 6.92 Å². The molecule has 0 aromatic carbocycles. The number of carbonyl (C=O) groups excluding carboxylic acids is 1.